The van der Waals surface area contributed by atoms with E-state index in [1.807, 2.05) is 0 Å². The number of nitrogens with one attached hydrogen (secondary N) is 1. The summed E-state index contributed by atoms with van der Waals surface area (Å²) in [6.07, 6.45) is -4.64. The van der Waals surface area contributed by atoms with Crippen LogP contribution in [0.5, 0.6) is 0 Å². The van der Waals surface area contributed by atoms with Crippen LogP contribution in [0.15, 0.2) is 0 Å². The van der Waals surface area contributed by atoms with Crippen molar-refractivity contribution in [2.24, 2.45) is 11.7 Å². The number of aliphatic carboxylic acids is 1. The van der Waals surface area contributed by atoms with E-state index in [2.05, 4.69) is 0 Å². The molecule has 0 aliphatic carbocycles. The van der Waals surface area contributed by atoms with E-state index in [4.69, 9.17) is 21.0 Å². The number of hydrogen-bond acceptors (Lipinski definition) is 2. The Hall–Kier alpha value is -1.27. The molecule has 0 fully saturated rings. The first kappa shape index (κ1) is 15.2. The van der Waals surface area contributed by atoms with Gasteiger partial charge in [0.2, 0.25) is 0 Å². The average Bonchev–Trinajstić information content (AvgIpc) is 1.81. The highest BCUT2D eigenvalue weighted by atomic mass is 19.4. The zero-order valence-electron chi connectivity index (χ0n) is 7.85. The van der Waals surface area contributed by atoms with Crippen molar-refractivity contribution < 1.29 is 23.1 Å². The Balaban J connectivity index is 0. The number of carbonyl (C=O) groups is 1. The molecule has 0 aromatic rings. The summed E-state index contributed by atoms with van der Waals surface area (Å²) in [4.78, 5) is 9.00. The number of rotatable bonds is 2. The lowest BCUT2D eigenvalue weighted by Gasteiger charge is -2.13. The summed E-state index contributed by atoms with van der Waals surface area (Å²) in [5, 5.41) is 14.0. The van der Waals surface area contributed by atoms with Crippen LogP contribution in [0.4, 0.5) is 13.2 Å². The van der Waals surface area contributed by atoms with Crippen LogP contribution < -0.4 is 5.73 Å². The predicted molar refractivity (Wildman–Crippen MR) is 45.1 cm³/mol. The number of carboxylic acids is 1. The fourth-order valence-corrected chi connectivity index (χ4v) is 0.446. The zero-order valence-corrected chi connectivity index (χ0v) is 7.85. The van der Waals surface area contributed by atoms with Crippen molar-refractivity contribution in [2.75, 3.05) is 0 Å². The summed E-state index contributed by atoms with van der Waals surface area (Å²) in [5.41, 5.74) is 4.77. The van der Waals surface area contributed by atoms with E-state index in [0.29, 0.717) is 0 Å². The third kappa shape index (κ3) is 13.3. The van der Waals surface area contributed by atoms with Crippen LogP contribution >= 0.6 is 0 Å². The third-order valence-corrected chi connectivity index (χ3v) is 1.08. The molecule has 4 N–H and O–H groups in total. The van der Waals surface area contributed by atoms with Crippen LogP contribution in [0, 0.1) is 11.3 Å². The Bertz CT molecular complexity index is 200. The molecular weight excluding hydrogens is 201 g/mol. The second-order valence-electron chi connectivity index (χ2n) is 2.69. The van der Waals surface area contributed by atoms with E-state index in [-0.39, 0.29) is 0 Å². The van der Waals surface area contributed by atoms with Crippen molar-refractivity contribution in [1.82, 2.24) is 0 Å². The summed E-state index contributed by atoms with van der Waals surface area (Å²) in [6, 6.07) is 0. The smallest absolute Gasteiger partial charge is 0.391 e. The van der Waals surface area contributed by atoms with Gasteiger partial charge in [-0.25, -0.2) is 0 Å². The van der Waals surface area contributed by atoms with Gasteiger partial charge in [-0.1, -0.05) is 6.92 Å². The van der Waals surface area contributed by atoms with E-state index < -0.39 is 30.3 Å². The van der Waals surface area contributed by atoms with Gasteiger partial charge in [0, 0.05) is 13.3 Å². The quantitative estimate of drug-likeness (QED) is 0.482. The van der Waals surface area contributed by atoms with Crippen LogP contribution in [0.1, 0.15) is 20.3 Å². The Morgan fingerprint density at radius 3 is 1.93 bits per heavy atom. The Kier molecular flexibility index (Phi) is 6.76. The number of nitrogens with two attached hydrogens (primary N) is 1. The molecule has 0 aromatic carbocycles. The molecule has 0 aliphatic rings. The summed E-state index contributed by atoms with van der Waals surface area (Å²) < 4.78 is 35.0. The zero-order chi connectivity index (χ0) is 11.9. The van der Waals surface area contributed by atoms with Crippen molar-refractivity contribution in [3.8, 4) is 0 Å². The number of carboxylic acid groups (broad SMARTS) is 1. The fraction of sp³-hybridized carbons (Fsp3) is 0.714. The van der Waals surface area contributed by atoms with Crippen molar-refractivity contribution in [3.63, 3.8) is 0 Å². The maximum Gasteiger partial charge on any atom is 0.391 e. The lowest BCUT2D eigenvalue weighted by molar-refractivity contribution is -0.167. The molecule has 4 nitrogen and oxygen atoms in total. The maximum atomic E-state index is 11.7. The molecule has 1 unspecified atom stereocenters. The second kappa shape index (κ2) is 6.22. The van der Waals surface area contributed by atoms with Gasteiger partial charge in [-0.05, 0) is 0 Å². The van der Waals surface area contributed by atoms with Gasteiger partial charge in [-0.2, -0.15) is 13.2 Å². The van der Waals surface area contributed by atoms with Crippen molar-refractivity contribution in [3.05, 3.63) is 0 Å². The van der Waals surface area contributed by atoms with Gasteiger partial charge in [0.25, 0.3) is 5.97 Å². The molecule has 84 valence electrons. The van der Waals surface area contributed by atoms with Crippen molar-refractivity contribution in [2.45, 2.75) is 26.4 Å². The van der Waals surface area contributed by atoms with E-state index in [0.717, 1.165) is 13.8 Å². The van der Waals surface area contributed by atoms with Crippen molar-refractivity contribution >= 4 is 11.8 Å². The Labute approximate surface area is 79.4 Å². The Morgan fingerprint density at radius 1 is 1.57 bits per heavy atom. The minimum Gasteiger partial charge on any atom is -0.481 e. The van der Waals surface area contributed by atoms with Crippen LogP contribution in [0.3, 0.4) is 0 Å². The van der Waals surface area contributed by atoms with Crippen LogP contribution in [-0.4, -0.2) is 23.1 Å². The molecule has 0 bridgehead atoms. The van der Waals surface area contributed by atoms with Crippen LogP contribution in [-0.2, 0) is 4.79 Å². The Morgan fingerprint density at radius 2 is 1.86 bits per heavy atom. The van der Waals surface area contributed by atoms with Gasteiger partial charge in [0.05, 0.1) is 11.8 Å². The first-order chi connectivity index (χ1) is 6.07. The third-order valence-electron chi connectivity index (χ3n) is 1.08. The number of amidine groups is 1. The normalized spacial score (nSPS) is 12.4. The molecular formula is C7H13F3N2O2. The van der Waals surface area contributed by atoms with Gasteiger partial charge in [0.15, 0.2) is 0 Å². The molecule has 0 aliphatic heterocycles. The average molecular weight is 214 g/mol. The highest BCUT2D eigenvalue weighted by Crippen LogP contribution is 2.27. The van der Waals surface area contributed by atoms with Gasteiger partial charge in [-0.3, -0.25) is 10.2 Å². The minimum absolute atomic E-state index is 0.413. The van der Waals surface area contributed by atoms with Gasteiger partial charge in [0.1, 0.15) is 0 Å². The molecule has 0 spiro atoms. The second-order valence-corrected chi connectivity index (χ2v) is 2.69. The van der Waals surface area contributed by atoms with Gasteiger partial charge >= 0.3 is 6.18 Å². The number of hydrogen-bond donors (Lipinski definition) is 3. The monoisotopic (exact) mass is 214 g/mol. The topological polar surface area (TPSA) is 87.2 Å². The SMILES string of the molecule is CC(=O)O.CC(CC(=N)N)C(F)(F)F. The maximum absolute atomic E-state index is 11.7. The molecule has 1 atom stereocenters. The van der Waals surface area contributed by atoms with E-state index in [1.54, 1.807) is 0 Å². The lowest BCUT2D eigenvalue weighted by Crippen LogP contribution is -2.25. The summed E-state index contributed by atoms with van der Waals surface area (Å²) >= 11 is 0. The molecule has 0 saturated carbocycles. The predicted octanol–water partition coefficient (Wildman–Crippen LogP) is 1.60. The van der Waals surface area contributed by atoms with Crippen LogP contribution in [0.2, 0.25) is 0 Å². The molecule has 0 rings (SSSR count). The minimum atomic E-state index is -4.23. The standard InChI is InChI=1S/C5H9F3N2.C2H4O2/c1-3(2-4(9)10)5(6,7)8;1-2(3)4/h3H,2H2,1H3,(H3,9,10);1H3,(H,3,4). The molecule has 0 heterocycles. The summed E-state index contributed by atoms with van der Waals surface area (Å²) in [5.74, 6) is -2.77. The van der Waals surface area contributed by atoms with Crippen LogP contribution in [0.25, 0.3) is 0 Å². The van der Waals surface area contributed by atoms with E-state index in [9.17, 15) is 13.2 Å². The largest absolute Gasteiger partial charge is 0.481 e. The lowest BCUT2D eigenvalue weighted by atomic mass is 10.1. The van der Waals surface area contributed by atoms with E-state index in [1.165, 1.54) is 0 Å². The highest BCUT2D eigenvalue weighted by molar-refractivity contribution is 5.77. The molecule has 14 heavy (non-hydrogen) atoms. The van der Waals surface area contributed by atoms with Crippen molar-refractivity contribution in [1.29, 1.82) is 5.41 Å². The number of alkyl halides is 3. The van der Waals surface area contributed by atoms with E-state index >= 15 is 0 Å². The summed E-state index contributed by atoms with van der Waals surface area (Å²) in [6.45, 7) is 2.08. The number of halogens is 3. The molecule has 0 saturated heterocycles. The fourth-order valence-electron chi connectivity index (χ4n) is 0.446. The molecule has 7 heteroatoms. The first-order valence-electron chi connectivity index (χ1n) is 3.66. The molecule has 0 radical (unpaired) electrons. The molecule has 0 amide bonds. The van der Waals surface area contributed by atoms with Gasteiger partial charge in [-0.15, -0.1) is 0 Å². The molecule has 0 aromatic heterocycles. The van der Waals surface area contributed by atoms with Gasteiger partial charge < -0.3 is 10.8 Å². The highest BCUT2D eigenvalue weighted by Gasteiger charge is 2.35. The first-order valence-corrected chi connectivity index (χ1v) is 3.66. The summed E-state index contributed by atoms with van der Waals surface area (Å²) in [7, 11) is 0.